The van der Waals surface area contributed by atoms with Gasteiger partial charge in [-0.3, -0.25) is 9.59 Å². The van der Waals surface area contributed by atoms with Crippen molar-refractivity contribution in [3.05, 3.63) is 42.0 Å². The third kappa shape index (κ3) is 6.57. The third-order valence-corrected chi connectivity index (χ3v) is 3.48. The second-order valence-electron chi connectivity index (χ2n) is 5.47. The van der Waals surface area contributed by atoms with E-state index in [1.807, 2.05) is 30.3 Å². The van der Waals surface area contributed by atoms with Gasteiger partial charge in [-0.25, -0.2) is 0 Å². The van der Waals surface area contributed by atoms with Gasteiger partial charge in [-0.05, 0) is 18.1 Å². The van der Waals surface area contributed by atoms with Crippen molar-refractivity contribution in [2.45, 2.75) is 33.1 Å². The van der Waals surface area contributed by atoms with Crippen molar-refractivity contribution in [1.82, 2.24) is 4.90 Å². The zero-order valence-corrected chi connectivity index (χ0v) is 13.4. The fourth-order valence-corrected chi connectivity index (χ4v) is 2.09. The molecule has 0 radical (unpaired) electrons. The van der Waals surface area contributed by atoms with Gasteiger partial charge in [-0.1, -0.05) is 57.0 Å². The molecule has 1 amide bonds. The molecular formula is C18H25NO3. The second-order valence-corrected chi connectivity index (χ2v) is 5.47. The lowest BCUT2D eigenvalue weighted by Gasteiger charge is -2.23. The number of unbranched alkanes of at least 4 members (excludes halogenated alkanes) is 2. The molecule has 0 heterocycles. The number of rotatable bonds is 9. The molecule has 1 unspecified atom stereocenters. The lowest BCUT2D eigenvalue weighted by molar-refractivity contribution is -0.142. The van der Waals surface area contributed by atoms with Crippen LogP contribution in [0.5, 0.6) is 0 Å². The summed E-state index contributed by atoms with van der Waals surface area (Å²) in [5.41, 5.74) is 0.954. The molecule has 0 saturated heterocycles. The van der Waals surface area contributed by atoms with E-state index in [9.17, 15) is 9.59 Å². The van der Waals surface area contributed by atoms with Crippen molar-refractivity contribution in [3.8, 4) is 0 Å². The van der Waals surface area contributed by atoms with Crippen molar-refractivity contribution in [2.75, 3.05) is 13.1 Å². The van der Waals surface area contributed by atoms with Gasteiger partial charge in [0, 0.05) is 19.2 Å². The normalized spacial score (nSPS) is 12.3. The average Bonchev–Trinajstić information content (AvgIpc) is 2.52. The Morgan fingerprint density at radius 2 is 1.91 bits per heavy atom. The minimum atomic E-state index is -0.875. The lowest BCUT2D eigenvalue weighted by Crippen LogP contribution is -2.36. The van der Waals surface area contributed by atoms with Crippen LogP contribution in [0.25, 0.3) is 6.08 Å². The Hall–Kier alpha value is -2.10. The van der Waals surface area contributed by atoms with Crippen LogP contribution in [0.2, 0.25) is 0 Å². The molecule has 0 saturated carbocycles. The van der Waals surface area contributed by atoms with Crippen LogP contribution < -0.4 is 0 Å². The smallest absolute Gasteiger partial charge is 0.308 e. The highest BCUT2D eigenvalue weighted by atomic mass is 16.4. The summed E-state index contributed by atoms with van der Waals surface area (Å²) in [5, 5.41) is 9.04. The molecule has 0 aliphatic heterocycles. The van der Waals surface area contributed by atoms with Crippen LogP contribution in [-0.4, -0.2) is 35.0 Å². The van der Waals surface area contributed by atoms with E-state index in [0.717, 1.165) is 24.8 Å². The molecule has 1 N–H and O–H groups in total. The second kappa shape index (κ2) is 9.77. The predicted molar refractivity (Wildman–Crippen MR) is 88.4 cm³/mol. The summed E-state index contributed by atoms with van der Waals surface area (Å²) < 4.78 is 0. The van der Waals surface area contributed by atoms with Crippen LogP contribution in [0.3, 0.4) is 0 Å². The Kier molecular flexibility index (Phi) is 7.97. The van der Waals surface area contributed by atoms with Gasteiger partial charge in [-0.15, -0.1) is 0 Å². The molecular weight excluding hydrogens is 278 g/mol. The molecule has 22 heavy (non-hydrogen) atoms. The van der Waals surface area contributed by atoms with E-state index >= 15 is 0 Å². The molecule has 1 rings (SSSR count). The Labute approximate surface area is 132 Å². The van der Waals surface area contributed by atoms with Crippen molar-refractivity contribution >= 4 is 18.0 Å². The van der Waals surface area contributed by atoms with E-state index < -0.39 is 11.9 Å². The molecule has 0 aliphatic rings. The van der Waals surface area contributed by atoms with Gasteiger partial charge < -0.3 is 10.0 Å². The number of carboxylic acid groups (broad SMARTS) is 1. The van der Waals surface area contributed by atoms with E-state index in [1.165, 1.54) is 6.08 Å². The maximum atomic E-state index is 12.3. The number of amides is 1. The first-order chi connectivity index (χ1) is 10.5. The van der Waals surface area contributed by atoms with E-state index in [-0.39, 0.29) is 12.5 Å². The van der Waals surface area contributed by atoms with E-state index in [4.69, 9.17) is 5.11 Å². The van der Waals surface area contributed by atoms with E-state index in [0.29, 0.717) is 6.54 Å². The summed E-state index contributed by atoms with van der Waals surface area (Å²) in [6, 6.07) is 9.59. The molecule has 120 valence electrons. The van der Waals surface area contributed by atoms with Crippen LogP contribution in [0.4, 0.5) is 0 Å². The monoisotopic (exact) mass is 303 g/mol. The highest BCUT2D eigenvalue weighted by molar-refractivity contribution is 5.92. The topological polar surface area (TPSA) is 57.6 Å². The maximum Gasteiger partial charge on any atom is 0.308 e. The van der Waals surface area contributed by atoms with Gasteiger partial charge in [0.2, 0.25) is 5.91 Å². The van der Waals surface area contributed by atoms with Gasteiger partial charge in [0.15, 0.2) is 0 Å². The molecule has 1 atom stereocenters. The number of carboxylic acids is 1. The number of benzene rings is 1. The predicted octanol–water partition coefficient (Wildman–Crippen LogP) is 3.44. The van der Waals surface area contributed by atoms with Crippen LogP contribution in [-0.2, 0) is 9.59 Å². The minimum absolute atomic E-state index is 0.131. The number of aliphatic carboxylic acids is 1. The standard InChI is InChI=1S/C18H25NO3/c1-3-4-8-13-19(14-15(2)18(21)22)17(20)12-11-16-9-6-5-7-10-16/h5-7,9-12,15H,3-4,8,13-14H2,1-2H3,(H,21,22)/b12-11+. The summed E-state index contributed by atoms with van der Waals surface area (Å²) in [6.45, 7) is 4.57. The minimum Gasteiger partial charge on any atom is -0.481 e. The Morgan fingerprint density at radius 1 is 1.23 bits per heavy atom. The van der Waals surface area contributed by atoms with Gasteiger partial charge >= 0.3 is 5.97 Å². The lowest BCUT2D eigenvalue weighted by atomic mass is 10.1. The highest BCUT2D eigenvalue weighted by Crippen LogP contribution is 2.07. The average molecular weight is 303 g/mol. The van der Waals surface area contributed by atoms with Crippen molar-refractivity contribution in [2.24, 2.45) is 5.92 Å². The molecule has 1 aromatic rings. The first-order valence-corrected chi connectivity index (χ1v) is 7.79. The zero-order valence-electron chi connectivity index (χ0n) is 13.4. The van der Waals surface area contributed by atoms with Gasteiger partial charge in [0.1, 0.15) is 0 Å². The van der Waals surface area contributed by atoms with E-state index in [1.54, 1.807) is 17.9 Å². The van der Waals surface area contributed by atoms with Crippen LogP contribution in [0, 0.1) is 5.92 Å². The summed E-state index contributed by atoms with van der Waals surface area (Å²) in [6.07, 6.45) is 6.29. The van der Waals surface area contributed by atoms with Crippen molar-refractivity contribution < 1.29 is 14.7 Å². The summed E-state index contributed by atoms with van der Waals surface area (Å²) in [7, 11) is 0. The molecule has 0 fully saturated rings. The number of carbonyl (C=O) groups is 2. The highest BCUT2D eigenvalue weighted by Gasteiger charge is 2.18. The Balaban J connectivity index is 2.69. The zero-order chi connectivity index (χ0) is 16.4. The van der Waals surface area contributed by atoms with Crippen LogP contribution in [0.1, 0.15) is 38.7 Å². The summed E-state index contributed by atoms with van der Waals surface area (Å²) >= 11 is 0. The number of hydrogen-bond acceptors (Lipinski definition) is 2. The number of nitrogens with zero attached hydrogens (tertiary/aromatic N) is 1. The van der Waals surface area contributed by atoms with Gasteiger partial charge in [0.05, 0.1) is 5.92 Å². The fourth-order valence-electron chi connectivity index (χ4n) is 2.09. The molecule has 0 spiro atoms. The molecule has 4 nitrogen and oxygen atoms in total. The van der Waals surface area contributed by atoms with Crippen molar-refractivity contribution in [1.29, 1.82) is 0 Å². The molecule has 4 heteroatoms. The number of hydrogen-bond donors (Lipinski definition) is 1. The summed E-state index contributed by atoms with van der Waals surface area (Å²) in [5.74, 6) is -1.57. The van der Waals surface area contributed by atoms with Crippen LogP contribution >= 0.6 is 0 Å². The maximum absolute atomic E-state index is 12.3. The number of carbonyl (C=O) groups excluding carboxylic acids is 1. The quantitative estimate of drug-likeness (QED) is 0.561. The third-order valence-electron chi connectivity index (χ3n) is 3.48. The Morgan fingerprint density at radius 3 is 2.50 bits per heavy atom. The fraction of sp³-hybridized carbons (Fsp3) is 0.444. The van der Waals surface area contributed by atoms with E-state index in [2.05, 4.69) is 6.92 Å². The largest absolute Gasteiger partial charge is 0.481 e. The van der Waals surface area contributed by atoms with Gasteiger partial charge in [0.25, 0.3) is 0 Å². The molecule has 0 aromatic heterocycles. The van der Waals surface area contributed by atoms with Crippen LogP contribution in [0.15, 0.2) is 36.4 Å². The molecule has 0 aliphatic carbocycles. The molecule has 0 bridgehead atoms. The molecule has 1 aromatic carbocycles. The first-order valence-electron chi connectivity index (χ1n) is 7.79. The first kappa shape index (κ1) is 18.0. The van der Waals surface area contributed by atoms with Crippen molar-refractivity contribution in [3.63, 3.8) is 0 Å². The summed E-state index contributed by atoms with van der Waals surface area (Å²) in [4.78, 5) is 25.0. The SMILES string of the molecule is CCCCCN(CC(C)C(=O)O)C(=O)/C=C/c1ccccc1. The Bertz CT molecular complexity index is 496. The van der Waals surface area contributed by atoms with Gasteiger partial charge in [-0.2, -0.15) is 0 Å².